The third-order valence-electron chi connectivity index (χ3n) is 5.39. The Labute approximate surface area is 189 Å². The van der Waals surface area contributed by atoms with Gasteiger partial charge >= 0.3 is 6.36 Å². The quantitative estimate of drug-likeness (QED) is 0.681. The molecular weight excluding hydrogens is 439 g/mol. The number of nitrogens with one attached hydrogen (secondary N) is 1. The van der Waals surface area contributed by atoms with Gasteiger partial charge in [0.25, 0.3) is 0 Å². The van der Waals surface area contributed by atoms with E-state index in [1.54, 1.807) is 4.90 Å². The Hall–Kier alpha value is -3.56. The molecule has 0 bridgehead atoms. The van der Waals surface area contributed by atoms with Crippen LogP contribution in [0.25, 0.3) is 0 Å². The van der Waals surface area contributed by atoms with Gasteiger partial charge in [0.05, 0.1) is 18.5 Å². The molecule has 2 aromatic carbocycles. The molecule has 33 heavy (non-hydrogen) atoms. The number of hydrogen-bond acceptors (Lipinski definition) is 4. The fourth-order valence-electron chi connectivity index (χ4n) is 3.73. The zero-order chi connectivity index (χ0) is 24.2. The van der Waals surface area contributed by atoms with E-state index in [2.05, 4.69) is 10.1 Å². The van der Waals surface area contributed by atoms with Crippen LogP contribution < -0.4 is 10.1 Å². The highest BCUT2D eigenvalue weighted by atomic mass is 19.4. The number of carbonyl (C=O) groups is 3. The Morgan fingerprint density at radius 3 is 2.39 bits per heavy atom. The van der Waals surface area contributed by atoms with Gasteiger partial charge in [-0.25, -0.2) is 0 Å². The number of halogens is 3. The first kappa shape index (κ1) is 24.1. The van der Waals surface area contributed by atoms with Crippen molar-refractivity contribution in [2.24, 2.45) is 5.92 Å². The summed E-state index contributed by atoms with van der Waals surface area (Å²) < 4.78 is 40.5. The molecule has 176 valence electrons. The first-order chi connectivity index (χ1) is 15.5. The van der Waals surface area contributed by atoms with E-state index in [1.165, 1.54) is 24.1 Å². The Morgan fingerprint density at radius 1 is 1.15 bits per heavy atom. The maximum absolute atomic E-state index is 12.8. The predicted octanol–water partition coefficient (Wildman–Crippen LogP) is 3.59. The maximum atomic E-state index is 12.8. The number of hydrogen-bond donors (Lipinski definition) is 1. The molecule has 1 aliphatic rings. The molecule has 0 unspecified atom stereocenters. The summed E-state index contributed by atoms with van der Waals surface area (Å²) in [6.45, 7) is 1.90. The lowest BCUT2D eigenvalue weighted by molar-refractivity contribution is -0.274. The highest BCUT2D eigenvalue weighted by Crippen LogP contribution is 2.29. The third kappa shape index (κ3) is 6.47. The van der Waals surface area contributed by atoms with E-state index in [4.69, 9.17) is 0 Å². The number of likely N-dealkylation sites (N-methyl/N-ethyl adjacent to an activating group) is 1. The molecular formula is C23H24F3N3O4. The molecule has 2 aromatic rings. The van der Waals surface area contributed by atoms with E-state index in [0.717, 1.165) is 17.7 Å². The van der Waals surface area contributed by atoms with Crippen molar-refractivity contribution in [3.05, 3.63) is 60.2 Å². The molecule has 0 radical (unpaired) electrons. The molecule has 1 heterocycles. The molecule has 1 fully saturated rings. The Bertz CT molecular complexity index is 996. The molecule has 0 aromatic heterocycles. The molecule has 2 atom stereocenters. The summed E-state index contributed by atoms with van der Waals surface area (Å²) in [5, 5.41) is 2.52. The first-order valence-electron chi connectivity index (χ1n) is 10.3. The van der Waals surface area contributed by atoms with E-state index in [9.17, 15) is 27.6 Å². The van der Waals surface area contributed by atoms with Gasteiger partial charge < -0.3 is 19.9 Å². The topological polar surface area (TPSA) is 79.0 Å². The van der Waals surface area contributed by atoms with Gasteiger partial charge in [-0.1, -0.05) is 30.3 Å². The molecule has 0 spiro atoms. The van der Waals surface area contributed by atoms with Crippen molar-refractivity contribution in [2.45, 2.75) is 25.7 Å². The van der Waals surface area contributed by atoms with Crippen LogP contribution in [0.2, 0.25) is 0 Å². The summed E-state index contributed by atoms with van der Waals surface area (Å²) in [6.07, 6.45) is -4.73. The van der Waals surface area contributed by atoms with Crippen molar-refractivity contribution in [3.63, 3.8) is 0 Å². The Morgan fingerprint density at radius 2 is 1.79 bits per heavy atom. The molecule has 1 N–H and O–H groups in total. The normalized spacial score (nSPS) is 16.9. The molecule has 10 heteroatoms. The van der Waals surface area contributed by atoms with E-state index in [0.29, 0.717) is 0 Å². The number of benzene rings is 2. The van der Waals surface area contributed by atoms with Crippen molar-refractivity contribution in [3.8, 4) is 5.75 Å². The van der Waals surface area contributed by atoms with E-state index in [1.807, 2.05) is 37.3 Å². The van der Waals surface area contributed by atoms with Crippen LogP contribution in [0.1, 0.15) is 24.9 Å². The maximum Gasteiger partial charge on any atom is 0.573 e. The van der Waals surface area contributed by atoms with Gasteiger partial charge in [-0.2, -0.15) is 0 Å². The number of nitrogens with zero attached hydrogens (tertiary/aromatic N) is 2. The lowest BCUT2D eigenvalue weighted by Gasteiger charge is -2.26. The number of anilines is 1. The van der Waals surface area contributed by atoms with Crippen LogP contribution in [0.5, 0.6) is 5.75 Å². The van der Waals surface area contributed by atoms with Crippen LogP contribution in [0, 0.1) is 5.92 Å². The van der Waals surface area contributed by atoms with Gasteiger partial charge in [0, 0.05) is 25.7 Å². The van der Waals surface area contributed by atoms with Crippen molar-refractivity contribution in [1.29, 1.82) is 0 Å². The first-order valence-corrected chi connectivity index (χ1v) is 10.3. The summed E-state index contributed by atoms with van der Waals surface area (Å²) >= 11 is 0. The largest absolute Gasteiger partial charge is 0.573 e. The van der Waals surface area contributed by atoms with Gasteiger partial charge in [0.15, 0.2) is 0 Å². The zero-order valence-electron chi connectivity index (χ0n) is 18.1. The van der Waals surface area contributed by atoms with Crippen LogP contribution in [0.4, 0.5) is 18.9 Å². The smallest absolute Gasteiger partial charge is 0.406 e. The summed E-state index contributed by atoms with van der Waals surface area (Å²) in [7, 11) is 1.47. The van der Waals surface area contributed by atoms with E-state index >= 15 is 0 Å². The fraction of sp³-hybridized carbons (Fsp3) is 0.348. The van der Waals surface area contributed by atoms with Crippen LogP contribution in [0.15, 0.2) is 54.6 Å². The number of rotatable bonds is 7. The van der Waals surface area contributed by atoms with E-state index < -0.39 is 23.9 Å². The third-order valence-corrected chi connectivity index (χ3v) is 5.39. The van der Waals surface area contributed by atoms with Crippen LogP contribution in [0.3, 0.4) is 0 Å². The second-order valence-electron chi connectivity index (χ2n) is 7.85. The molecule has 7 nitrogen and oxygen atoms in total. The average molecular weight is 463 g/mol. The Balaban J connectivity index is 1.52. The number of alkyl halides is 3. The minimum absolute atomic E-state index is 0.0721. The fourth-order valence-corrected chi connectivity index (χ4v) is 3.73. The van der Waals surface area contributed by atoms with Crippen LogP contribution >= 0.6 is 0 Å². The van der Waals surface area contributed by atoms with Gasteiger partial charge in [-0.3, -0.25) is 14.4 Å². The standard InChI is InChI=1S/C23H24F3N3O4/c1-15(16-6-4-3-5-7-16)29-13-17(12-21(29)31)22(32)28(2)14-20(30)27-18-8-10-19(11-9-18)33-23(24,25)26/h3-11,15,17H,12-14H2,1-2H3,(H,27,30)/t15-,17-/m1/s1. The zero-order valence-corrected chi connectivity index (χ0v) is 18.1. The lowest BCUT2D eigenvalue weighted by atomic mass is 10.1. The monoisotopic (exact) mass is 463 g/mol. The highest BCUT2D eigenvalue weighted by Gasteiger charge is 2.38. The number of likely N-dealkylation sites (tertiary alicyclic amines) is 1. The predicted molar refractivity (Wildman–Crippen MR) is 114 cm³/mol. The summed E-state index contributed by atoms with van der Waals surface area (Å²) in [4.78, 5) is 40.5. The average Bonchev–Trinajstić information content (AvgIpc) is 3.15. The molecule has 1 aliphatic heterocycles. The summed E-state index contributed by atoms with van der Waals surface area (Å²) in [5.74, 6) is -1.93. The summed E-state index contributed by atoms with van der Waals surface area (Å²) in [6, 6.07) is 14.0. The number of ether oxygens (including phenoxy) is 1. The van der Waals surface area contributed by atoms with Gasteiger partial charge in [0.1, 0.15) is 5.75 Å². The number of carbonyl (C=O) groups excluding carboxylic acids is 3. The van der Waals surface area contributed by atoms with E-state index in [-0.39, 0.29) is 43.1 Å². The Kier molecular flexibility index (Phi) is 7.25. The molecule has 3 rings (SSSR count). The second-order valence-corrected chi connectivity index (χ2v) is 7.85. The van der Waals surface area contributed by atoms with Gasteiger partial charge in [0.2, 0.25) is 17.7 Å². The van der Waals surface area contributed by atoms with Gasteiger partial charge in [-0.05, 0) is 36.8 Å². The van der Waals surface area contributed by atoms with Crippen molar-refractivity contribution < 1.29 is 32.3 Å². The van der Waals surface area contributed by atoms with Crippen molar-refractivity contribution >= 4 is 23.4 Å². The van der Waals surface area contributed by atoms with Crippen molar-refractivity contribution in [2.75, 3.05) is 25.5 Å². The lowest BCUT2D eigenvalue weighted by Crippen LogP contribution is -2.39. The molecule has 3 amide bonds. The highest BCUT2D eigenvalue weighted by molar-refractivity contribution is 5.96. The minimum atomic E-state index is -4.80. The van der Waals surface area contributed by atoms with Crippen molar-refractivity contribution in [1.82, 2.24) is 9.80 Å². The van der Waals surface area contributed by atoms with Crippen LogP contribution in [-0.4, -0.2) is 54.0 Å². The molecule has 1 saturated heterocycles. The number of amides is 3. The second kappa shape index (κ2) is 9.93. The van der Waals surface area contributed by atoms with Gasteiger partial charge in [-0.15, -0.1) is 13.2 Å². The minimum Gasteiger partial charge on any atom is -0.406 e. The van der Waals surface area contributed by atoms with Crippen LogP contribution in [-0.2, 0) is 14.4 Å². The molecule has 0 saturated carbocycles. The SMILES string of the molecule is C[C@H](c1ccccc1)N1C[C@H](C(=O)N(C)CC(=O)Nc2ccc(OC(F)(F)F)cc2)CC1=O. The summed E-state index contributed by atoms with van der Waals surface area (Å²) in [5.41, 5.74) is 1.23. The molecule has 0 aliphatic carbocycles.